The zero-order valence-electron chi connectivity index (χ0n) is 19.9. The van der Waals surface area contributed by atoms with E-state index in [-0.39, 0.29) is 23.1 Å². The number of fused-ring (bicyclic) bond motifs is 1. The molecule has 4 aromatic rings. The molecule has 1 unspecified atom stereocenters. The molecular weight excluding hydrogens is 410 g/mol. The van der Waals surface area contributed by atoms with Gasteiger partial charge in [0.25, 0.3) is 5.91 Å². The van der Waals surface area contributed by atoms with Crippen LogP contribution in [-0.2, 0) is 5.41 Å². The molecule has 1 atom stereocenters. The van der Waals surface area contributed by atoms with Crippen LogP contribution in [0, 0.1) is 0 Å². The van der Waals surface area contributed by atoms with Crippen molar-refractivity contribution in [1.82, 2.24) is 15.4 Å². The Bertz CT molecular complexity index is 1250. The third kappa shape index (κ3) is 5.15. The number of carbonyl (C=O) groups is 1. The molecule has 5 nitrogen and oxygen atoms in total. The molecule has 0 saturated carbocycles. The Morgan fingerprint density at radius 1 is 0.970 bits per heavy atom. The van der Waals surface area contributed by atoms with Crippen molar-refractivity contribution in [2.45, 2.75) is 32.2 Å². The maximum absolute atomic E-state index is 12.8. The van der Waals surface area contributed by atoms with Crippen LogP contribution in [0.4, 0.5) is 0 Å². The SMILES string of the molecule is CN(C)C(CNC(=O)c1cc(-c2ccc3ccccc3c2)on1)c1ccc(C(C)(C)C)cc1. The summed E-state index contributed by atoms with van der Waals surface area (Å²) in [7, 11) is 4.03. The fourth-order valence-corrected chi connectivity index (χ4v) is 3.94. The van der Waals surface area contributed by atoms with Gasteiger partial charge in [0.1, 0.15) is 0 Å². The van der Waals surface area contributed by atoms with Gasteiger partial charge in [-0.05, 0) is 47.5 Å². The van der Waals surface area contributed by atoms with Crippen LogP contribution in [-0.4, -0.2) is 36.6 Å². The number of hydrogen-bond acceptors (Lipinski definition) is 4. The maximum atomic E-state index is 12.8. The van der Waals surface area contributed by atoms with Crippen molar-refractivity contribution < 1.29 is 9.32 Å². The molecule has 1 amide bonds. The molecule has 0 spiro atoms. The Morgan fingerprint density at radius 3 is 2.33 bits per heavy atom. The van der Waals surface area contributed by atoms with Crippen LogP contribution in [0.5, 0.6) is 0 Å². The molecule has 1 N–H and O–H groups in total. The molecule has 5 heteroatoms. The lowest BCUT2D eigenvalue weighted by atomic mass is 9.86. The number of likely N-dealkylation sites (N-methyl/N-ethyl adjacent to an activating group) is 1. The molecule has 3 aromatic carbocycles. The van der Waals surface area contributed by atoms with E-state index in [0.717, 1.165) is 21.9 Å². The summed E-state index contributed by atoms with van der Waals surface area (Å²) in [6.45, 7) is 7.08. The summed E-state index contributed by atoms with van der Waals surface area (Å²) in [6, 6.07) is 24.6. The number of rotatable bonds is 6. The van der Waals surface area contributed by atoms with Crippen molar-refractivity contribution in [2.75, 3.05) is 20.6 Å². The number of benzene rings is 3. The monoisotopic (exact) mass is 441 g/mol. The summed E-state index contributed by atoms with van der Waals surface area (Å²) >= 11 is 0. The van der Waals surface area contributed by atoms with Crippen LogP contribution in [0.15, 0.2) is 77.3 Å². The molecular formula is C28H31N3O2. The second-order valence-corrected chi connectivity index (χ2v) is 9.70. The summed E-state index contributed by atoms with van der Waals surface area (Å²) in [5.74, 6) is 0.330. The van der Waals surface area contributed by atoms with Crippen LogP contribution in [0.3, 0.4) is 0 Å². The highest BCUT2D eigenvalue weighted by Crippen LogP contribution is 2.26. The van der Waals surface area contributed by atoms with Gasteiger partial charge in [0.2, 0.25) is 0 Å². The molecule has 0 saturated heterocycles. The van der Waals surface area contributed by atoms with Crippen LogP contribution >= 0.6 is 0 Å². The van der Waals surface area contributed by atoms with Gasteiger partial charge in [-0.2, -0.15) is 0 Å². The zero-order valence-corrected chi connectivity index (χ0v) is 19.9. The summed E-state index contributed by atoms with van der Waals surface area (Å²) in [6.07, 6.45) is 0. The van der Waals surface area contributed by atoms with Crippen molar-refractivity contribution in [3.05, 3.63) is 89.6 Å². The molecule has 0 fully saturated rings. The zero-order chi connectivity index (χ0) is 23.6. The summed E-state index contributed by atoms with van der Waals surface area (Å²) in [4.78, 5) is 14.9. The average molecular weight is 442 g/mol. The molecule has 1 heterocycles. The Kier molecular flexibility index (Phi) is 6.34. The van der Waals surface area contributed by atoms with E-state index in [1.165, 1.54) is 5.56 Å². The number of hydrogen-bond donors (Lipinski definition) is 1. The van der Waals surface area contributed by atoms with Crippen LogP contribution in [0.25, 0.3) is 22.1 Å². The fourth-order valence-electron chi connectivity index (χ4n) is 3.94. The molecule has 1 aromatic heterocycles. The third-order valence-electron chi connectivity index (χ3n) is 6.02. The number of carbonyl (C=O) groups excluding carboxylic acids is 1. The molecule has 170 valence electrons. The second-order valence-electron chi connectivity index (χ2n) is 9.70. The van der Waals surface area contributed by atoms with Gasteiger partial charge in [-0.25, -0.2) is 0 Å². The van der Waals surface area contributed by atoms with Crippen LogP contribution in [0.2, 0.25) is 0 Å². The quantitative estimate of drug-likeness (QED) is 0.409. The van der Waals surface area contributed by atoms with E-state index in [2.05, 4.69) is 72.5 Å². The smallest absolute Gasteiger partial charge is 0.273 e. The first-order valence-electron chi connectivity index (χ1n) is 11.2. The highest BCUT2D eigenvalue weighted by atomic mass is 16.5. The number of aromatic nitrogens is 1. The van der Waals surface area contributed by atoms with Crippen molar-refractivity contribution in [3.63, 3.8) is 0 Å². The lowest BCUT2D eigenvalue weighted by Crippen LogP contribution is -2.34. The van der Waals surface area contributed by atoms with E-state index in [4.69, 9.17) is 4.52 Å². The van der Waals surface area contributed by atoms with Crippen molar-refractivity contribution in [1.29, 1.82) is 0 Å². The molecule has 4 rings (SSSR count). The van der Waals surface area contributed by atoms with Gasteiger partial charge in [-0.3, -0.25) is 4.79 Å². The van der Waals surface area contributed by atoms with E-state index < -0.39 is 0 Å². The van der Waals surface area contributed by atoms with E-state index in [0.29, 0.717) is 12.3 Å². The van der Waals surface area contributed by atoms with Gasteiger partial charge in [-0.1, -0.05) is 86.6 Å². The predicted octanol–water partition coefficient (Wildman–Crippen LogP) is 5.83. The molecule has 33 heavy (non-hydrogen) atoms. The maximum Gasteiger partial charge on any atom is 0.273 e. The Hall–Kier alpha value is -3.44. The first kappa shape index (κ1) is 22.7. The minimum atomic E-state index is -0.246. The van der Waals surface area contributed by atoms with Gasteiger partial charge in [-0.15, -0.1) is 0 Å². The summed E-state index contributed by atoms with van der Waals surface area (Å²) < 4.78 is 5.48. The second kappa shape index (κ2) is 9.20. The lowest BCUT2D eigenvalue weighted by molar-refractivity contribution is 0.0933. The molecule has 0 bridgehead atoms. The normalized spacial score (nSPS) is 12.8. The molecule has 0 aliphatic rings. The lowest BCUT2D eigenvalue weighted by Gasteiger charge is -2.26. The minimum absolute atomic E-state index is 0.0508. The standard InChI is InChI=1S/C28H31N3O2/c1-28(2,3)23-14-12-20(13-15-23)25(31(4)5)18-29-27(32)24-17-26(33-30-24)22-11-10-19-8-6-7-9-21(19)16-22/h6-17,25H,18H2,1-5H3,(H,29,32). The first-order valence-corrected chi connectivity index (χ1v) is 11.2. The molecule has 0 aliphatic carbocycles. The molecule has 0 radical (unpaired) electrons. The first-order chi connectivity index (χ1) is 15.7. The third-order valence-corrected chi connectivity index (χ3v) is 6.02. The topological polar surface area (TPSA) is 58.4 Å². The van der Waals surface area contributed by atoms with E-state index in [1.807, 2.05) is 44.4 Å². The minimum Gasteiger partial charge on any atom is -0.355 e. The van der Waals surface area contributed by atoms with Crippen molar-refractivity contribution >= 4 is 16.7 Å². The van der Waals surface area contributed by atoms with Gasteiger partial charge in [0.15, 0.2) is 11.5 Å². The highest BCUT2D eigenvalue weighted by molar-refractivity contribution is 5.93. The van der Waals surface area contributed by atoms with Crippen LogP contribution in [0.1, 0.15) is 48.4 Å². The van der Waals surface area contributed by atoms with Gasteiger partial charge in [0, 0.05) is 18.2 Å². The summed E-state index contributed by atoms with van der Waals surface area (Å²) in [5.41, 5.74) is 3.72. The summed E-state index contributed by atoms with van der Waals surface area (Å²) in [5, 5.41) is 9.29. The number of nitrogens with zero attached hydrogens (tertiary/aromatic N) is 2. The highest BCUT2D eigenvalue weighted by Gasteiger charge is 2.20. The Balaban J connectivity index is 1.45. The largest absolute Gasteiger partial charge is 0.355 e. The van der Waals surface area contributed by atoms with E-state index in [9.17, 15) is 4.79 Å². The molecule has 0 aliphatic heterocycles. The average Bonchev–Trinajstić information content (AvgIpc) is 3.29. The Morgan fingerprint density at radius 2 is 1.67 bits per heavy atom. The van der Waals surface area contributed by atoms with Crippen molar-refractivity contribution in [2.24, 2.45) is 0 Å². The van der Waals surface area contributed by atoms with Crippen LogP contribution < -0.4 is 5.32 Å². The van der Waals surface area contributed by atoms with Gasteiger partial charge < -0.3 is 14.7 Å². The van der Waals surface area contributed by atoms with E-state index >= 15 is 0 Å². The Labute approximate surface area is 195 Å². The van der Waals surface area contributed by atoms with Gasteiger partial charge in [0.05, 0.1) is 6.04 Å². The number of nitrogens with one attached hydrogen (secondary N) is 1. The number of amides is 1. The predicted molar refractivity (Wildman–Crippen MR) is 133 cm³/mol. The van der Waals surface area contributed by atoms with Gasteiger partial charge >= 0.3 is 0 Å². The fraction of sp³-hybridized carbons (Fsp3) is 0.286. The van der Waals surface area contributed by atoms with Crippen molar-refractivity contribution in [3.8, 4) is 11.3 Å². The van der Waals surface area contributed by atoms with E-state index in [1.54, 1.807) is 6.07 Å².